The maximum Gasteiger partial charge on any atom is 0.261 e. The van der Waals surface area contributed by atoms with E-state index in [1.807, 2.05) is 61.5 Å². The molecule has 1 heterocycles. The summed E-state index contributed by atoms with van der Waals surface area (Å²) in [6.45, 7) is 2.60. The van der Waals surface area contributed by atoms with Gasteiger partial charge in [-0.05, 0) is 17.7 Å². The smallest absolute Gasteiger partial charge is 0.261 e. The Morgan fingerprint density at radius 2 is 1.70 bits per heavy atom. The summed E-state index contributed by atoms with van der Waals surface area (Å²) < 4.78 is 1.78. The zero-order valence-corrected chi connectivity index (χ0v) is 11.4. The standard InChI is InChI=1S/C17H16N2O/c1-2-16-18-15-11-7-6-10-14(15)17(20)19(16)12-13-8-4-3-5-9-13/h3-11H,2,12H2,1H3. The van der Waals surface area contributed by atoms with Crippen molar-refractivity contribution in [2.45, 2.75) is 19.9 Å². The molecular formula is C17H16N2O. The number of aromatic nitrogens is 2. The summed E-state index contributed by atoms with van der Waals surface area (Å²) in [7, 11) is 0. The number of aryl methyl sites for hydroxylation is 1. The van der Waals surface area contributed by atoms with Crippen LogP contribution in [0.15, 0.2) is 59.4 Å². The van der Waals surface area contributed by atoms with E-state index in [1.54, 1.807) is 4.57 Å². The molecule has 0 aliphatic heterocycles. The minimum absolute atomic E-state index is 0.0382. The van der Waals surface area contributed by atoms with Crippen molar-refractivity contribution < 1.29 is 0 Å². The van der Waals surface area contributed by atoms with E-state index in [-0.39, 0.29) is 5.56 Å². The molecule has 1 aromatic heterocycles. The fourth-order valence-corrected chi connectivity index (χ4v) is 2.41. The highest BCUT2D eigenvalue weighted by Gasteiger charge is 2.09. The Balaban J connectivity index is 2.18. The summed E-state index contributed by atoms with van der Waals surface area (Å²) in [6, 6.07) is 17.5. The molecule has 3 heteroatoms. The van der Waals surface area contributed by atoms with Crippen molar-refractivity contribution in [3.63, 3.8) is 0 Å². The second-order valence-electron chi connectivity index (χ2n) is 4.78. The van der Waals surface area contributed by atoms with Crippen LogP contribution in [-0.2, 0) is 13.0 Å². The fourth-order valence-electron chi connectivity index (χ4n) is 2.41. The molecule has 0 saturated heterocycles. The van der Waals surface area contributed by atoms with Crippen LogP contribution in [-0.4, -0.2) is 9.55 Å². The Morgan fingerprint density at radius 1 is 1.00 bits per heavy atom. The largest absolute Gasteiger partial charge is 0.292 e. The van der Waals surface area contributed by atoms with Gasteiger partial charge in [-0.1, -0.05) is 49.4 Å². The summed E-state index contributed by atoms with van der Waals surface area (Å²) in [4.78, 5) is 17.2. The molecule has 0 aliphatic rings. The lowest BCUT2D eigenvalue weighted by atomic mass is 10.2. The Bertz CT molecular complexity index is 791. The van der Waals surface area contributed by atoms with E-state index in [2.05, 4.69) is 4.98 Å². The molecule has 0 spiro atoms. The van der Waals surface area contributed by atoms with Gasteiger partial charge in [0.05, 0.1) is 17.4 Å². The lowest BCUT2D eigenvalue weighted by Gasteiger charge is -2.12. The molecule has 0 saturated carbocycles. The molecule has 0 unspecified atom stereocenters. The quantitative estimate of drug-likeness (QED) is 0.729. The average molecular weight is 264 g/mol. The van der Waals surface area contributed by atoms with Crippen LogP contribution in [0.1, 0.15) is 18.3 Å². The van der Waals surface area contributed by atoms with Crippen LogP contribution >= 0.6 is 0 Å². The Hall–Kier alpha value is -2.42. The SMILES string of the molecule is CCc1nc2ccccc2c(=O)n1Cc1ccccc1. The molecule has 20 heavy (non-hydrogen) atoms. The van der Waals surface area contributed by atoms with Gasteiger partial charge in [0, 0.05) is 6.42 Å². The number of rotatable bonds is 3. The van der Waals surface area contributed by atoms with Crippen LogP contribution < -0.4 is 5.56 Å². The van der Waals surface area contributed by atoms with Crippen molar-refractivity contribution in [1.82, 2.24) is 9.55 Å². The van der Waals surface area contributed by atoms with Crippen molar-refractivity contribution in [3.05, 3.63) is 76.3 Å². The fraction of sp³-hybridized carbons (Fsp3) is 0.176. The van der Waals surface area contributed by atoms with Crippen LogP contribution in [0.4, 0.5) is 0 Å². The van der Waals surface area contributed by atoms with E-state index in [0.29, 0.717) is 11.9 Å². The molecular weight excluding hydrogens is 248 g/mol. The molecule has 0 fully saturated rings. The Kier molecular flexibility index (Phi) is 3.33. The third-order valence-electron chi connectivity index (χ3n) is 3.44. The van der Waals surface area contributed by atoms with E-state index in [0.717, 1.165) is 23.3 Å². The van der Waals surface area contributed by atoms with Gasteiger partial charge in [-0.3, -0.25) is 9.36 Å². The van der Waals surface area contributed by atoms with Crippen molar-refractivity contribution >= 4 is 10.9 Å². The van der Waals surface area contributed by atoms with Crippen LogP contribution in [0.2, 0.25) is 0 Å². The Labute approximate surface area is 117 Å². The first kappa shape index (κ1) is 12.6. The van der Waals surface area contributed by atoms with Gasteiger partial charge in [-0.15, -0.1) is 0 Å². The number of nitrogens with zero attached hydrogens (tertiary/aromatic N) is 2. The molecule has 3 rings (SSSR count). The van der Waals surface area contributed by atoms with E-state index in [4.69, 9.17) is 0 Å². The van der Waals surface area contributed by atoms with Crippen LogP contribution in [0, 0.1) is 0 Å². The first-order valence-corrected chi connectivity index (χ1v) is 6.82. The first-order chi connectivity index (χ1) is 9.79. The summed E-state index contributed by atoms with van der Waals surface area (Å²) in [5, 5.41) is 0.681. The topological polar surface area (TPSA) is 34.9 Å². The molecule has 0 bridgehead atoms. The van der Waals surface area contributed by atoms with Crippen molar-refractivity contribution in [2.75, 3.05) is 0 Å². The van der Waals surface area contributed by atoms with Gasteiger partial charge in [0.1, 0.15) is 5.82 Å². The molecule has 0 radical (unpaired) electrons. The number of para-hydroxylation sites is 1. The van der Waals surface area contributed by atoms with Gasteiger partial charge in [0.2, 0.25) is 0 Å². The third kappa shape index (κ3) is 2.23. The number of fused-ring (bicyclic) bond motifs is 1. The molecule has 3 aromatic rings. The number of hydrogen-bond acceptors (Lipinski definition) is 2. The highest BCUT2D eigenvalue weighted by molar-refractivity contribution is 5.77. The van der Waals surface area contributed by atoms with E-state index in [1.165, 1.54) is 0 Å². The molecule has 0 aliphatic carbocycles. The Morgan fingerprint density at radius 3 is 2.45 bits per heavy atom. The molecule has 3 nitrogen and oxygen atoms in total. The van der Waals surface area contributed by atoms with Crippen LogP contribution in [0.5, 0.6) is 0 Å². The van der Waals surface area contributed by atoms with Gasteiger partial charge in [0.25, 0.3) is 5.56 Å². The second kappa shape index (κ2) is 5.29. The highest BCUT2D eigenvalue weighted by Crippen LogP contribution is 2.10. The number of benzene rings is 2. The monoisotopic (exact) mass is 264 g/mol. The molecule has 2 aromatic carbocycles. The summed E-state index contributed by atoms with van der Waals surface area (Å²) in [5.41, 5.74) is 1.93. The first-order valence-electron chi connectivity index (χ1n) is 6.82. The zero-order valence-electron chi connectivity index (χ0n) is 11.4. The molecule has 0 amide bonds. The second-order valence-corrected chi connectivity index (χ2v) is 4.78. The lowest BCUT2D eigenvalue weighted by Crippen LogP contribution is -2.25. The lowest BCUT2D eigenvalue weighted by molar-refractivity contribution is 0.686. The maximum absolute atomic E-state index is 12.6. The minimum atomic E-state index is 0.0382. The zero-order chi connectivity index (χ0) is 13.9. The molecule has 100 valence electrons. The van der Waals surface area contributed by atoms with Crippen molar-refractivity contribution in [2.24, 2.45) is 0 Å². The predicted molar refractivity (Wildman–Crippen MR) is 80.9 cm³/mol. The van der Waals surface area contributed by atoms with Gasteiger partial charge in [-0.25, -0.2) is 4.98 Å². The molecule has 0 N–H and O–H groups in total. The van der Waals surface area contributed by atoms with Gasteiger partial charge in [0.15, 0.2) is 0 Å². The van der Waals surface area contributed by atoms with Crippen molar-refractivity contribution in [3.8, 4) is 0 Å². The van der Waals surface area contributed by atoms with E-state index in [9.17, 15) is 4.79 Å². The third-order valence-corrected chi connectivity index (χ3v) is 3.44. The predicted octanol–water partition coefficient (Wildman–Crippen LogP) is 3.01. The minimum Gasteiger partial charge on any atom is -0.292 e. The maximum atomic E-state index is 12.6. The molecule has 0 atom stereocenters. The van der Waals surface area contributed by atoms with Crippen molar-refractivity contribution in [1.29, 1.82) is 0 Å². The van der Waals surface area contributed by atoms with E-state index >= 15 is 0 Å². The van der Waals surface area contributed by atoms with Gasteiger partial charge >= 0.3 is 0 Å². The van der Waals surface area contributed by atoms with Crippen LogP contribution in [0.3, 0.4) is 0 Å². The average Bonchev–Trinajstić information content (AvgIpc) is 2.51. The summed E-state index contributed by atoms with van der Waals surface area (Å²) in [6.07, 6.45) is 0.743. The highest BCUT2D eigenvalue weighted by atomic mass is 16.1. The van der Waals surface area contributed by atoms with Gasteiger partial charge < -0.3 is 0 Å². The summed E-state index contributed by atoms with van der Waals surface area (Å²) >= 11 is 0. The van der Waals surface area contributed by atoms with Crippen LogP contribution in [0.25, 0.3) is 10.9 Å². The van der Waals surface area contributed by atoms with Gasteiger partial charge in [-0.2, -0.15) is 0 Å². The normalized spacial score (nSPS) is 10.8. The van der Waals surface area contributed by atoms with E-state index < -0.39 is 0 Å². The summed E-state index contributed by atoms with van der Waals surface area (Å²) in [5.74, 6) is 0.831. The number of hydrogen-bond donors (Lipinski definition) is 0.